The fourth-order valence-corrected chi connectivity index (χ4v) is 3.77. The number of phenols is 1. The van der Waals surface area contributed by atoms with Gasteiger partial charge in [-0.3, -0.25) is 4.90 Å². The number of rotatable bonds is 2. The van der Waals surface area contributed by atoms with Gasteiger partial charge in [0.15, 0.2) is 0 Å². The van der Waals surface area contributed by atoms with Gasteiger partial charge in [0.25, 0.3) is 0 Å². The van der Waals surface area contributed by atoms with E-state index in [1.807, 2.05) is 12.1 Å². The van der Waals surface area contributed by atoms with E-state index >= 15 is 0 Å². The van der Waals surface area contributed by atoms with Gasteiger partial charge in [0.2, 0.25) is 0 Å². The molecule has 1 aromatic carbocycles. The average molecular weight is 260 g/mol. The number of anilines is 1. The fraction of sp³-hybridized carbons (Fsp3) is 0.625. The van der Waals surface area contributed by atoms with Gasteiger partial charge in [-0.1, -0.05) is 18.9 Å². The third-order valence-corrected chi connectivity index (χ3v) is 5.08. The molecular formula is C16H24N2O. The van der Waals surface area contributed by atoms with Crippen molar-refractivity contribution in [3.63, 3.8) is 0 Å². The topological polar surface area (TPSA) is 49.5 Å². The lowest BCUT2D eigenvalue weighted by Gasteiger charge is -2.39. The van der Waals surface area contributed by atoms with Gasteiger partial charge in [-0.05, 0) is 61.9 Å². The largest absolute Gasteiger partial charge is 0.506 e. The van der Waals surface area contributed by atoms with Crippen molar-refractivity contribution in [2.75, 3.05) is 18.8 Å². The van der Waals surface area contributed by atoms with E-state index in [4.69, 9.17) is 5.73 Å². The first-order valence-electron chi connectivity index (χ1n) is 7.47. The lowest BCUT2D eigenvalue weighted by Crippen LogP contribution is -2.38. The molecule has 2 aliphatic rings. The van der Waals surface area contributed by atoms with E-state index in [1.165, 1.54) is 57.2 Å². The Labute approximate surface area is 115 Å². The van der Waals surface area contributed by atoms with Crippen LogP contribution in [0.3, 0.4) is 0 Å². The molecule has 1 saturated carbocycles. The molecule has 1 aromatic rings. The molecule has 19 heavy (non-hydrogen) atoms. The Morgan fingerprint density at radius 2 is 1.79 bits per heavy atom. The van der Waals surface area contributed by atoms with Gasteiger partial charge in [0, 0.05) is 6.54 Å². The number of piperidine rings is 1. The van der Waals surface area contributed by atoms with Crippen molar-refractivity contribution in [2.45, 2.75) is 45.1 Å². The van der Waals surface area contributed by atoms with Gasteiger partial charge in [-0.2, -0.15) is 0 Å². The highest BCUT2D eigenvalue weighted by Crippen LogP contribution is 2.46. The Kier molecular flexibility index (Phi) is 3.40. The van der Waals surface area contributed by atoms with Gasteiger partial charge in [0.05, 0.1) is 5.69 Å². The standard InChI is InChI=1S/C16H24N2O/c17-14-11-13(3-4-15(14)19)12-18-9-7-16(8-10-18)5-1-2-6-16/h3-4,11,19H,1-2,5-10,12,17H2. The minimum atomic E-state index is 0.187. The zero-order valence-corrected chi connectivity index (χ0v) is 11.6. The molecule has 3 nitrogen and oxygen atoms in total. The maximum Gasteiger partial charge on any atom is 0.138 e. The summed E-state index contributed by atoms with van der Waals surface area (Å²) < 4.78 is 0. The summed E-state index contributed by atoms with van der Waals surface area (Å²) in [4.78, 5) is 2.52. The normalized spacial score (nSPS) is 22.9. The molecule has 0 bridgehead atoms. The molecule has 104 valence electrons. The van der Waals surface area contributed by atoms with Crippen molar-refractivity contribution in [1.29, 1.82) is 0 Å². The molecule has 2 fully saturated rings. The molecule has 1 spiro atoms. The average Bonchev–Trinajstić information content (AvgIpc) is 2.86. The van der Waals surface area contributed by atoms with Crippen LogP contribution in [0.15, 0.2) is 18.2 Å². The molecule has 1 aliphatic heterocycles. The molecule has 0 amide bonds. The van der Waals surface area contributed by atoms with E-state index in [9.17, 15) is 5.11 Å². The molecule has 0 radical (unpaired) electrons. The summed E-state index contributed by atoms with van der Waals surface area (Å²) in [5, 5.41) is 9.45. The minimum Gasteiger partial charge on any atom is -0.506 e. The lowest BCUT2D eigenvalue weighted by atomic mass is 9.77. The Hall–Kier alpha value is -1.22. The summed E-state index contributed by atoms with van der Waals surface area (Å²) in [6.07, 6.45) is 8.50. The summed E-state index contributed by atoms with van der Waals surface area (Å²) in [5.41, 5.74) is 8.13. The zero-order valence-electron chi connectivity index (χ0n) is 11.6. The maximum atomic E-state index is 9.45. The van der Waals surface area contributed by atoms with Gasteiger partial charge >= 0.3 is 0 Å². The maximum absolute atomic E-state index is 9.45. The quantitative estimate of drug-likeness (QED) is 0.634. The highest BCUT2D eigenvalue weighted by Gasteiger charge is 2.36. The Morgan fingerprint density at radius 3 is 2.42 bits per heavy atom. The van der Waals surface area contributed by atoms with Crippen LogP contribution in [-0.4, -0.2) is 23.1 Å². The second kappa shape index (κ2) is 5.04. The SMILES string of the molecule is Nc1cc(CN2CCC3(CCCC3)CC2)ccc1O. The van der Waals surface area contributed by atoms with Crippen molar-refractivity contribution < 1.29 is 5.11 Å². The predicted octanol–water partition coefficient (Wildman–Crippen LogP) is 3.13. The number of nitrogen functional groups attached to an aromatic ring is 1. The summed E-state index contributed by atoms with van der Waals surface area (Å²) in [6.45, 7) is 3.38. The number of nitrogens with two attached hydrogens (primary N) is 1. The van der Waals surface area contributed by atoms with E-state index in [0.717, 1.165) is 6.54 Å². The predicted molar refractivity (Wildman–Crippen MR) is 77.9 cm³/mol. The molecule has 0 atom stereocenters. The Balaban J connectivity index is 1.58. The van der Waals surface area contributed by atoms with Crippen LogP contribution >= 0.6 is 0 Å². The molecular weight excluding hydrogens is 236 g/mol. The van der Waals surface area contributed by atoms with E-state index in [-0.39, 0.29) is 5.75 Å². The number of nitrogens with zero attached hydrogens (tertiary/aromatic N) is 1. The summed E-state index contributed by atoms with van der Waals surface area (Å²) in [7, 11) is 0. The smallest absolute Gasteiger partial charge is 0.138 e. The highest BCUT2D eigenvalue weighted by atomic mass is 16.3. The fourth-order valence-electron chi connectivity index (χ4n) is 3.77. The van der Waals surface area contributed by atoms with Crippen LogP contribution in [0.2, 0.25) is 0 Å². The first-order chi connectivity index (χ1) is 9.17. The number of phenolic OH excluding ortho intramolecular Hbond substituents is 1. The molecule has 3 N–H and O–H groups in total. The Morgan fingerprint density at radius 1 is 1.11 bits per heavy atom. The second-order valence-corrected chi connectivity index (χ2v) is 6.38. The van der Waals surface area contributed by atoms with E-state index in [0.29, 0.717) is 11.1 Å². The summed E-state index contributed by atoms with van der Waals surface area (Å²) >= 11 is 0. The molecule has 1 saturated heterocycles. The minimum absolute atomic E-state index is 0.187. The van der Waals surface area contributed by atoms with Crippen LogP contribution in [0.1, 0.15) is 44.1 Å². The molecule has 3 heteroatoms. The first kappa shape index (κ1) is 12.8. The van der Waals surface area contributed by atoms with Crippen molar-refractivity contribution in [2.24, 2.45) is 5.41 Å². The number of likely N-dealkylation sites (tertiary alicyclic amines) is 1. The first-order valence-corrected chi connectivity index (χ1v) is 7.47. The van der Waals surface area contributed by atoms with Crippen molar-refractivity contribution in [3.05, 3.63) is 23.8 Å². The van der Waals surface area contributed by atoms with Gasteiger partial charge < -0.3 is 10.8 Å². The molecule has 1 aliphatic carbocycles. The van der Waals surface area contributed by atoms with Gasteiger partial charge in [-0.15, -0.1) is 0 Å². The van der Waals surface area contributed by atoms with E-state index in [1.54, 1.807) is 6.07 Å². The van der Waals surface area contributed by atoms with Crippen LogP contribution in [0.4, 0.5) is 5.69 Å². The zero-order chi connectivity index (χ0) is 13.3. The van der Waals surface area contributed by atoms with Crippen LogP contribution in [0, 0.1) is 5.41 Å². The summed E-state index contributed by atoms with van der Waals surface area (Å²) in [5.74, 6) is 0.187. The Bertz CT molecular complexity index is 442. The number of hydrogen-bond acceptors (Lipinski definition) is 3. The highest BCUT2D eigenvalue weighted by molar-refractivity contribution is 5.53. The molecule has 0 unspecified atom stereocenters. The lowest BCUT2D eigenvalue weighted by molar-refractivity contribution is 0.103. The second-order valence-electron chi connectivity index (χ2n) is 6.38. The van der Waals surface area contributed by atoms with Crippen LogP contribution in [0.25, 0.3) is 0 Å². The van der Waals surface area contributed by atoms with Crippen molar-refractivity contribution >= 4 is 5.69 Å². The molecule has 3 rings (SSSR count). The number of benzene rings is 1. The van der Waals surface area contributed by atoms with Crippen LogP contribution in [0.5, 0.6) is 5.75 Å². The monoisotopic (exact) mass is 260 g/mol. The van der Waals surface area contributed by atoms with Crippen LogP contribution < -0.4 is 5.73 Å². The van der Waals surface area contributed by atoms with Crippen molar-refractivity contribution in [1.82, 2.24) is 4.90 Å². The third-order valence-electron chi connectivity index (χ3n) is 5.08. The van der Waals surface area contributed by atoms with Gasteiger partial charge in [0.1, 0.15) is 5.75 Å². The number of aromatic hydroxyl groups is 1. The summed E-state index contributed by atoms with van der Waals surface area (Å²) in [6, 6.07) is 5.58. The van der Waals surface area contributed by atoms with Crippen LogP contribution in [-0.2, 0) is 6.54 Å². The molecule has 0 aromatic heterocycles. The third kappa shape index (κ3) is 2.71. The van der Waals surface area contributed by atoms with Crippen molar-refractivity contribution in [3.8, 4) is 5.75 Å². The van der Waals surface area contributed by atoms with E-state index < -0.39 is 0 Å². The number of hydrogen-bond donors (Lipinski definition) is 2. The molecule has 1 heterocycles. The van der Waals surface area contributed by atoms with E-state index in [2.05, 4.69) is 4.90 Å². The van der Waals surface area contributed by atoms with Gasteiger partial charge in [-0.25, -0.2) is 0 Å².